The zero-order valence-corrected chi connectivity index (χ0v) is 12.4. The fourth-order valence-corrected chi connectivity index (χ4v) is 2.69. The van der Waals surface area contributed by atoms with Crippen molar-refractivity contribution >= 4 is 0 Å². The zero-order chi connectivity index (χ0) is 14.8. The van der Waals surface area contributed by atoms with Crippen LogP contribution in [0.1, 0.15) is 36.6 Å². The molecule has 1 saturated carbocycles. The van der Waals surface area contributed by atoms with Gasteiger partial charge in [-0.25, -0.2) is 4.68 Å². The molecule has 1 heterocycles. The number of nitrogens with zero attached hydrogens (tertiary/aromatic N) is 3. The first-order valence-electron chi connectivity index (χ1n) is 7.15. The number of rotatable bonds is 5. The van der Waals surface area contributed by atoms with E-state index in [1.165, 1.54) is 19.3 Å². The Morgan fingerprint density at radius 3 is 2.67 bits per heavy atom. The van der Waals surface area contributed by atoms with Crippen LogP contribution in [0, 0.1) is 0 Å². The van der Waals surface area contributed by atoms with Crippen LogP contribution in [0.4, 0.5) is 0 Å². The second kappa shape index (κ2) is 5.73. The van der Waals surface area contributed by atoms with Crippen molar-refractivity contribution in [3.8, 4) is 17.2 Å². The summed E-state index contributed by atoms with van der Waals surface area (Å²) in [5, 5.41) is 8.52. The molecule has 0 aliphatic heterocycles. The molecule has 1 aromatic carbocycles. The van der Waals surface area contributed by atoms with Gasteiger partial charge in [0.1, 0.15) is 22.9 Å². The second-order valence-electron chi connectivity index (χ2n) is 5.20. The van der Waals surface area contributed by atoms with E-state index in [4.69, 9.17) is 15.2 Å². The van der Waals surface area contributed by atoms with E-state index >= 15 is 0 Å². The molecule has 2 aromatic rings. The van der Waals surface area contributed by atoms with Gasteiger partial charge in [0.25, 0.3) is 0 Å². The Balaban J connectivity index is 2.09. The Kier molecular flexibility index (Phi) is 3.79. The maximum atomic E-state index is 5.81. The van der Waals surface area contributed by atoms with E-state index in [1.807, 2.05) is 22.9 Å². The minimum Gasteiger partial charge on any atom is -0.497 e. The molecule has 0 saturated heterocycles. The number of hydrogen-bond acceptors (Lipinski definition) is 5. The predicted octanol–water partition coefficient (Wildman–Crippen LogP) is 2.01. The van der Waals surface area contributed by atoms with Gasteiger partial charge >= 0.3 is 0 Å². The fourth-order valence-electron chi connectivity index (χ4n) is 2.69. The highest BCUT2D eigenvalue weighted by molar-refractivity contribution is 5.51. The molecule has 6 nitrogen and oxygen atoms in total. The summed E-state index contributed by atoms with van der Waals surface area (Å²) in [4.78, 5) is 0. The molecule has 3 rings (SSSR count). The van der Waals surface area contributed by atoms with Crippen LogP contribution >= 0.6 is 0 Å². The summed E-state index contributed by atoms with van der Waals surface area (Å²) in [7, 11) is 3.28. The van der Waals surface area contributed by atoms with Crippen LogP contribution in [0.2, 0.25) is 0 Å². The third kappa shape index (κ3) is 2.35. The molecule has 0 bridgehead atoms. The summed E-state index contributed by atoms with van der Waals surface area (Å²) < 4.78 is 12.6. The van der Waals surface area contributed by atoms with E-state index in [-0.39, 0.29) is 0 Å². The summed E-state index contributed by atoms with van der Waals surface area (Å²) in [5.74, 6) is 1.95. The van der Waals surface area contributed by atoms with E-state index in [9.17, 15) is 0 Å². The minimum absolute atomic E-state index is 0.407. The summed E-state index contributed by atoms with van der Waals surface area (Å²) >= 11 is 0. The number of nitrogens with two attached hydrogens (primary N) is 1. The number of aromatic nitrogens is 3. The number of benzene rings is 1. The normalized spacial score (nSPS) is 14.8. The van der Waals surface area contributed by atoms with Crippen molar-refractivity contribution in [2.45, 2.75) is 31.7 Å². The van der Waals surface area contributed by atoms with Crippen molar-refractivity contribution in [2.75, 3.05) is 14.2 Å². The van der Waals surface area contributed by atoms with E-state index in [0.717, 1.165) is 22.8 Å². The maximum Gasteiger partial charge on any atom is 0.148 e. The molecular formula is C15H20N4O2. The van der Waals surface area contributed by atoms with Gasteiger partial charge in [-0.15, -0.1) is 5.10 Å². The quantitative estimate of drug-likeness (QED) is 0.911. The Morgan fingerprint density at radius 2 is 2.10 bits per heavy atom. The molecule has 1 fully saturated rings. The Hall–Kier alpha value is -2.08. The van der Waals surface area contributed by atoms with E-state index in [1.54, 1.807) is 14.2 Å². The lowest BCUT2D eigenvalue weighted by Crippen LogP contribution is -2.17. The Morgan fingerprint density at radius 1 is 1.29 bits per heavy atom. The summed E-state index contributed by atoms with van der Waals surface area (Å²) in [6, 6.07) is 5.69. The van der Waals surface area contributed by atoms with E-state index in [0.29, 0.717) is 18.2 Å². The largest absolute Gasteiger partial charge is 0.497 e. The molecule has 0 radical (unpaired) electrons. The third-order valence-corrected chi connectivity index (χ3v) is 4.08. The van der Waals surface area contributed by atoms with Crippen LogP contribution in [-0.2, 0) is 6.54 Å². The second-order valence-corrected chi connectivity index (χ2v) is 5.20. The van der Waals surface area contributed by atoms with Crippen LogP contribution in [0.3, 0.4) is 0 Å². The van der Waals surface area contributed by atoms with Gasteiger partial charge in [-0.2, -0.15) is 0 Å². The minimum atomic E-state index is 0.407. The molecule has 0 unspecified atom stereocenters. The monoisotopic (exact) mass is 288 g/mol. The van der Waals surface area contributed by atoms with Crippen LogP contribution in [0.5, 0.6) is 11.5 Å². The summed E-state index contributed by atoms with van der Waals surface area (Å²) in [6.07, 6.45) is 3.58. The molecule has 0 amide bonds. The van der Waals surface area contributed by atoms with Gasteiger partial charge in [-0.1, -0.05) is 11.6 Å². The van der Waals surface area contributed by atoms with Gasteiger partial charge in [-0.3, -0.25) is 0 Å². The van der Waals surface area contributed by atoms with E-state index < -0.39 is 0 Å². The third-order valence-electron chi connectivity index (χ3n) is 4.08. The summed E-state index contributed by atoms with van der Waals surface area (Å²) in [5.41, 5.74) is 8.67. The first kappa shape index (κ1) is 13.9. The highest BCUT2D eigenvalue weighted by Crippen LogP contribution is 2.39. The summed E-state index contributed by atoms with van der Waals surface area (Å²) in [6.45, 7) is 0.407. The molecule has 21 heavy (non-hydrogen) atoms. The van der Waals surface area contributed by atoms with Crippen molar-refractivity contribution in [1.82, 2.24) is 15.0 Å². The van der Waals surface area contributed by atoms with Gasteiger partial charge in [0.05, 0.1) is 19.9 Å². The Bertz CT molecular complexity index is 635. The van der Waals surface area contributed by atoms with Gasteiger partial charge in [0.2, 0.25) is 0 Å². The molecule has 112 valence electrons. The Labute approximate surface area is 123 Å². The van der Waals surface area contributed by atoms with Crippen molar-refractivity contribution in [3.05, 3.63) is 29.6 Å². The molecule has 0 atom stereocenters. The molecule has 2 N–H and O–H groups in total. The first-order chi connectivity index (χ1) is 10.3. The smallest absolute Gasteiger partial charge is 0.148 e. The topological polar surface area (TPSA) is 75.2 Å². The zero-order valence-electron chi connectivity index (χ0n) is 12.4. The van der Waals surface area contributed by atoms with Gasteiger partial charge in [-0.05, 0) is 25.0 Å². The van der Waals surface area contributed by atoms with Gasteiger partial charge in [0, 0.05) is 18.5 Å². The molecule has 6 heteroatoms. The number of methoxy groups -OCH3 is 2. The lowest BCUT2D eigenvalue weighted by molar-refractivity contribution is 0.385. The highest BCUT2D eigenvalue weighted by atomic mass is 16.5. The fraction of sp³-hybridized carbons (Fsp3) is 0.467. The molecule has 0 spiro atoms. The standard InChI is InChI=1S/C15H20N4O2/c1-20-11-6-7-13(14(8-11)21-2)19-15(10-4-3-5-10)12(9-16)17-18-19/h6-8,10H,3-5,9,16H2,1-2H3. The molecule has 1 aliphatic carbocycles. The average molecular weight is 288 g/mol. The van der Waals surface area contributed by atoms with Crippen molar-refractivity contribution in [1.29, 1.82) is 0 Å². The molecular weight excluding hydrogens is 268 g/mol. The van der Waals surface area contributed by atoms with E-state index in [2.05, 4.69) is 10.3 Å². The van der Waals surface area contributed by atoms with Crippen LogP contribution in [-0.4, -0.2) is 29.2 Å². The predicted molar refractivity (Wildman–Crippen MR) is 78.9 cm³/mol. The van der Waals surface area contributed by atoms with Gasteiger partial charge < -0.3 is 15.2 Å². The van der Waals surface area contributed by atoms with Gasteiger partial charge in [0.15, 0.2) is 0 Å². The van der Waals surface area contributed by atoms with Crippen molar-refractivity contribution < 1.29 is 9.47 Å². The first-order valence-corrected chi connectivity index (χ1v) is 7.15. The highest BCUT2D eigenvalue weighted by Gasteiger charge is 2.28. The maximum absolute atomic E-state index is 5.81. The van der Waals surface area contributed by atoms with Crippen LogP contribution in [0.15, 0.2) is 18.2 Å². The molecule has 1 aliphatic rings. The van der Waals surface area contributed by atoms with Crippen LogP contribution in [0.25, 0.3) is 5.69 Å². The van der Waals surface area contributed by atoms with Crippen molar-refractivity contribution in [3.63, 3.8) is 0 Å². The van der Waals surface area contributed by atoms with Crippen LogP contribution < -0.4 is 15.2 Å². The molecule has 1 aromatic heterocycles. The SMILES string of the molecule is COc1ccc(-n2nnc(CN)c2C2CCC2)c(OC)c1. The lowest BCUT2D eigenvalue weighted by atomic mass is 9.82. The average Bonchev–Trinajstić information content (AvgIpc) is 2.88. The lowest BCUT2D eigenvalue weighted by Gasteiger charge is -2.26. The number of ether oxygens (including phenoxy) is 2. The van der Waals surface area contributed by atoms with Crippen molar-refractivity contribution in [2.24, 2.45) is 5.73 Å². The number of hydrogen-bond donors (Lipinski definition) is 1.